The van der Waals surface area contributed by atoms with Crippen LogP contribution in [0, 0.1) is 0 Å². The van der Waals surface area contributed by atoms with Crippen LogP contribution < -0.4 is 0 Å². The van der Waals surface area contributed by atoms with Gasteiger partial charge in [0.2, 0.25) is 0 Å². The van der Waals surface area contributed by atoms with Gasteiger partial charge >= 0.3 is 5.97 Å². The lowest BCUT2D eigenvalue weighted by atomic mass is 9.99. The van der Waals surface area contributed by atoms with Crippen molar-refractivity contribution in [1.29, 1.82) is 0 Å². The molecular weight excluding hydrogens is 242 g/mol. The number of fused-ring (bicyclic) bond motifs is 2. The molecule has 0 aliphatic carbocycles. The average molecular weight is 261 g/mol. The first-order valence-corrected chi connectivity index (χ1v) is 6.89. The number of carboxylic acids is 1. The Bertz CT molecular complexity index is 457. The van der Waals surface area contributed by atoms with E-state index in [4.69, 9.17) is 5.11 Å². The van der Waals surface area contributed by atoms with Gasteiger partial charge in [0, 0.05) is 18.6 Å². The Labute approximate surface area is 112 Å². The van der Waals surface area contributed by atoms with Crippen molar-refractivity contribution in [1.82, 2.24) is 4.90 Å². The van der Waals surface area contributed by atoms with E-state index in [0.717, 1.165) is 24.9 Å². The van der Waals surface area contributed by atoms with E-state index < -0.39 is 5.97 Å². The molecule has 0 spiro atoms. The lowest BCUT2D eigenvalue weighted by Gasteiger charge is -2.37. The van der Waals surface area contributed by atoms with E-state index in [2.05, 4.69) is 4.90 Å². The topological polar surface area (TPSA) is 60.8 Å². The molecule has 2 aliphatic heterocycles. The molecule has 2 fully saturated rings. The summed E-state index contributed by atoms with van der Waals surface area (Å²) in [6.45, 7) is 0.863. The number of carbonyl (C=O) groups is 1. The standard InChI is InChI=1S/C15H19NO3/c17-14-7-12-5-6-13(8-14)16(12)9-10-1-3-11(4-2-10)15(18)19/h1-4,12-14,17H,5-9H2,(H,18,19). The molecule has 2 bridgehead atoms. The number of aliphatic hydroxyl groups is 1. The Kier molecular flexibility index (Phi) is 3.29. The summed E-state index contributed by atoms with van der Waals surface area (Å²) in [5.41, 5.74) is 1.49. The molecule has 102 valence electrons. The van der Waals surface area contributed by atoms with Gasteiger partial charge in [0.15, 0.2) is 0 Å². The van der Waals surface area contributed by atoms with Crippen LogP contribution in [0.2, 0.25) is 0 Å². The fourth-order valence-electron chi connectivity index (χ4n) is 3.47. The van der Waals surface area contributed by atoms with Crippen LogP contribution in [0.15, 0.2) is 24.3 Å². The van der Waals surface area contributed by atoms with E-state index >= 15 is 0 Å². The Morgan fingerprint density at radius 3 is 2.26 bits per heavy atom. The molecule has 19 heavy (non-hydrogen) atoms. The van der Waals surface area contributed by atoms with Gasteiger partial charge in [-0.2, -0.15) is 0 Å². The highest BCUT2D eigenvalue weighted by atomic mass is 16.4. The summed E-state index contributed by atoms with van der Waals surface area (Å²) in [5.74, 6) is -0.882. The minimum Gasteiger partial charge on any atom is -0.478 e. The number of rotatable bonds is 3. The summed E-state index contributed by atoms with van der Waals surface area (Å²) >= 11 is 0. The van der Waals surface area contributed by atoms with Gasteiger partial charge in [0.1, 0.15) is 0 Å². The molecule has 3 rings (SSSR count). The Morgan fingerprint density at radius 2 is 1.74 bits per heavy atom. The van der Waals surface area contributed by atoms with Gasteiger partial charge in [-0.25, -0.2) is 4.79 Å². The van der Waals surface area contributed by atoms with Crippen molar-refractivity contribution in [2.45, 2.75) is 50.4 Å². The second-order valence-corrected chi connectivity index (χ2v) is 5.68. The second kappa shape index (κ2) is 4.94. The summed E-state index contributed by atoms with van der Waals surface area (Å²) < 4.78 is 0. The van der Waals surface area contributed by atoms with Crippen molar-refractivity contribution in [3.05, 3.63) is 35.4 Å². The van der Waals surface area contributed by atoms with Crippen molar-refractivity contribution >= 4 is 5.97 Å². The van der Waals surface area contributed by atoms with Crippen LogP contribution in [0.25, 0.3) is 0 Å². The van der Waals surface area contributed by atoms with E-state index in [1.807, 2.05) is 12.1 Å². The third-order valence-electron chi connectivity index (χ3n) is 4.43. The van der Waals surface area contributed by atoms with Crippen molar-refractivity contribution in [2.24, 2.45) is 0 Å². The lowest BCUT2D eigenvalue weighted by molar-refractivity contribution is 0.0310. The van der Waals surface area contributed by atoms with E-state index in [1.165, 1.54) is 12.8 Å². The van der Waals surface area contributed by atoms with Gasteiger partial charge in [0.05, 0.1) is 11.7 Å². The van der Waals surface area contributed by atoms with Crippen molar-refractivity contribution in [3.63, 3.8) is 0 Å². The van der Waals surface area contributed by atoms with E-state index in [9.17, 15) is 9.90 Å². The summed E-state index contributed by atoms with van der Waals surface area (Å²) in [7, 11) is 0. The largest absolute Gasteiger partial charge is 0.478 e. The highest BCUT2D eigenvalue weighted by molar-refractivity contribution is 5.87. The summed E-state index contributed by atoms with van der Waals surface area (Å²) in [4.78, 5) is 13.3. The molecule has 0 aromatic heterocycles. The number of hydrogen-bond acceptors (Lipinski definition) is 3. The van der Waals surface area contributed by atoms with E-state index in [1.54, 1.807) is 12.1 Å². The van der Waals surface area contributed by atoms with Crippen LogP contribution in [0.4, 0.5) is 0 Å². The Morgan fingerprint density at radius 1 is 1.16 bits per heavy atom. The van der Waals surface area contributed by atoms with Crippen LogP contribution in [0.1, 0.15) is 41.6 Å². The second-order valence-electron chi connectivity index (χ2n) is 5.68. The van der Waals surface area contributed by atoms with E-state index in [-0.39, 0.29) is 6.10 Å². The van der Waals surface area contributed by atoms with Gasteiger partial charge in [-0.3, -0.25) is 4.90 Å². The predicted molar refractivity (Wildman–Crippen MR) is 71.0 cm³/mol. The Hall–Kier alpha value is -1.39. The van der Waals surface area contributed by atoms with Crippen LogP contribution in [0.3, 0.4) is 0 Å². The summed E-state index contributed by atoms with van der Waals surface area (Å²) in [6, 6.07) is 8.11. The SMILES string of the molecule is O=C(O)c1ccc(CN2C3CCC2CC(O)C3)cc1. The van der Waals surface area contributed by atoms with Gasteiger partial charge in [-0.05, 0) is 43.4 Å². The van der Waals surface area contributed by atoms with Crippen molar-refractivity contribution < 1.29 is 15.0 Å². The molecule has 4 nitrogen and oxygen atoms in total. The van der Waals surface area contributed by atoms with Gasteiger partial charge in [0.25, 0.3) is 0 Å². The monoisotopic (exact) mass is 261 g/mol. The highest BCUT2D eigenvalue weighted by Gasteiger charge is 2.39. The van der Waals surface area contributed by atoms with Gasteiger partial charge in [-0.1, -0.05) is 12.1 Å². The molecule has 2 atom stereocenters. The lowest BCUT2D eigenvalue weighted by Crippen LogP contribution is -2.44. The average Bonchev–Trinajstić information content (AvgIpc) is 2.62. The first-order chi connectivity index (χ1) is 9.13. The van der Waals surface area contributed by atoms with Crippen LogP contribution >= 0.6 is 0 Å². The van der Waals surface area contributed by atoms with Crippen LogP contribution in [-0.4, -0.2) is 39.3 Å². The number of aromatic carboxylic acids is 1. The number of piperidine rings is 1. The normalized spacial score (nSPS) is 30.5. The number of aliphatic hydroxyl groups excluding tert-OH is 1. The molecule has 2 heterocycles. The molecule has 2 aliphatic rings. The van der Waals surface area contributed by atoms with Crippen LogP contribution in [-0.2, 0) is 6.54 Å². The van der Waals surface area contributed by atoms with E-state index in [0.29, 0.717) is 17.6 Å². The zero-order valence-corrected chi connectivity index (χ0v) is 10.8. The third kappa shape index (κ3) is 2.51. The molecule has 2 unspecified atom stereocenters. The molecule has 1 aromatic carbocycles. The molecule has 2 saturated heterocycles. The fourth-order valence-corrected chi connectivity index (χ4v) is 3.47. The molecule has 0 radical (unpaired) electrons. The zero-order chi connectivity index (χ0) is 13.4. The highest BCUT2D eigenvalue weighted by Crippen LogP contribution is 2.36. The first kappa shape index (κ1) is 12.6. The maximum atomic E-state index is 10.8. The number of hydrogen-bond donors (Lipinski definition) is 2. The molecule has 4 heteroatoms. The zero-order valence-electron chi connectivity index (χ0n) is 10.8. The first-order valence-electron chi connectivity index (χ1n) is 6.89. The van der Waals surface area contributed by atoms with Crippen molar-refractivity contribution in [2.75, 3.05) is 0 Å². The number of nitrogens with zero attached hydrogens (tertiary/aromatic N) is 1. The molecular formula is C15H19NO3. The predicted octanol–water partition coefficient (Wildman–Crippen LogP) is 1.87. The Balaban J connectivity index is 1.70. The van der Waals surface area contributed by atoms with Gasteiger partial charge in [-0.15, -0.1) is 0 Å². The molecule has 0 amide bonds. The van der Waals surface area contributed by atoms with Gasteiger partial charge < -0.3 is 10.2 Å². The fraction of sp³-hybridized carbons (Fsp3) is 0.533. The third-order valence-corrected chi connectivity index (χ3v) is 4.43. The number of benzene rings is 1. The molecule has 0 saturated carbocycles. The summed E-state index contributed by atoms with van der Waals surface area (Å²) in [6.07, 6.45) is 3.97. The molecule has 1 aromatic rings. The van der Waals surface area contributed by atoms with Crippen molar-refractivity contribution in [3.8, 4) is 0 Å². The number of carboxylic acid groups (broad SMARTS) is 1. The maximum Gasteiger partial charge on any atom is 0.335 e. The minimum absolute atomic E-state index is 0.136. The smallest absolute Gasteiger partial charge is 0.335 e. The molecule has 2 N–H and O–H groups in total. The summed E-state index contributed by atoms with van der Waals surface area (Å²) in [5, 5.41) is 18.7. The minimum atomic E-state index is -0.882. The quantitative estimate of drug-likeness (QED) is 0.872. The maximum absolute atomic E-state index is 10.8. The van der Waals surface area contributed by atoms with Crippen LogP contribution in [0.5, 0.6) is 0 Å².